The van der Waals surface area contributed by atoms with Crippen LogP contribution in [0.5, 0.6) is 0 Å². The number of carbonyl (C=O) groups is 1. The van der Waals surface area contributed by atoms with Crippen LogP contribution in [0.1, 0.15) is 51.1 Å². The van der Waals surface area contributed by atoms with Crippen LogP contribution in [0.25, 0.3) is 0 Å². The summed E-state index contributed by atoms with van der Waals surface area (Å²) < 4.78 is 7.54. The van der Waals surface area contributed by atoms with Gasteiger partial charge < -0.3 is 14.5 Å². The highest BCUT2D eigenvalue weighted by Crippen LogP contribution is 2.35. The Morgan fingerprint density at radius 2 is 2.12 bits per heavy atom. The first-order valence-corrected chi connectivity index (χ1v) is 9.20. The Bertz CT molecular complexity index is 802. The van der Waals surface area contributed by atoms with Crippen LogP contribution in [-0.2, 0) is 29.1 Å². The van der Waals surface area contributed by atoms with Crippen LogP contribution in [0.15, 0.2) is 17.3 Å². The number of nitrogens with zero attached hydrogens (tertiary/aromatic N) is 4. The average Bonchev–Trinajstić information content (AvgIpc) is 3.01. The summed E-state index contributed by atoms with van der Waals surface area (Å²) in [6.45, 7) is 13.7. The second-order valence-corrected chi connectivity index (χ2v) is 8.43. The van der Waals surface area contributed by atoms with E-state index in [0.717, 1.165) is 41.1 Å². The minimum absolute atomic E-state index is 0.0319. The van der Waals surface area contributed by atoms with Gasteiger partial charge in [-0.2, -0.15) is 5.10 Å². The van der Waals surface area contributed by atoms with Crippen LogP contribution in [0, 0.1) is 5.92 Å². The number of carbonyl (C=O) groups excluding carboxylic acids is 1. The number of rotatable bonds is 0. The van der Waals surface area contributed by atoms with Gasteiger partial charge in [-0.1, -0.05) is 17.3 Å². The van der Waals surface area contributed by atoms with E-state index in [9.17, 15) is 4.79 Å². The minimum Gasteiger partial charge on any atom is -0.444 e. The monoisotopic (exact) mass is 358 g/mol. The maximum Gasteiger partial charge on any atom is 0.410 e. The third kappa shape index (κ3) is 2.89. The molecule has 3 aliphatic rings. The van der Waals surface area contributed by atoms with Crippen molar-refractivity contribution in [2.24, 2.45) is 11.1 Å². The lowest BCUT2D eigenvalue weighted by molar-refractivity contribution is 0.0223. The molecule has 26 heavy (non-hydrogen) atoms. The van der Waals surface area contributed by atoms with E-state index in [2.05, 4.69) is 11.7 Å². The maximum absolute atomic E-state index is 12.5. The molecule has 0 bridgehead atoms. The molecule has 0 spiro atoms. The van der Waals surface area contributed by atoms with Gasteiger partial charge in [-0.05, 0) is 34.1 Å². The highest BCUT2D eigenvalue weighted by atomic mass is 16.6. The fourth-order valence-corrected chi connectivity index (χ4v) is 3.88. The van der Waals surface area contributed by atoms with E-state index in [-0.39, 0.29) is 18.1 Å². The first-order valence-electron chi connectivity index (χ1n) is 9.20. The summed E-state index contributed by atoms with van der Waals surface area (Å²) in [4.78, 5) is 19.8. The zero-order valence-electron chi connectivity index (χ0n) is 15.9. The SMILES string of the molecule is C=C1CC2C(=NOC2C)c2c3c(nn2C1)CCN(C(=O)OC(C)(C)C)C3. The number of aromatic nitrogens is 2. The van der Waals surface area contributed by atoms with Gasteiger partial charge in [-0.25, -0.2) is 4.79 Å². The number of allylic oxidation sites excluding steroid dienone is 1. The summed E-state index contributed by atoms with van der Waals surface area (Å²) >= 11 is 0. The van der Waals surface area contributed by atoms with Crippen molar-refractivity contribution in [3.05, 3.63) is 29.1 Å². The molecule has 0 aromatic carbocycles. The maximum atomic E-state index is 12.5. The fraction of sp³-hybridized carbons (Fsp3) is 0.632. The van der Waals surface area contributed by atoms with E-state index in [1.807, 2.05) is 32.4 Å². The number of oxime groups is 1. The molecule has 3 aliphatic heterocycles. The smallest absolute Gasteiger partial charge is 0.410 e. The van der Waals surface area contributed by atoms with Gasteiger partial charge in [0.2, 0.25) is 0 Å². The van der Waals surface area contributed by atoms with Crippen molar-refractivity contribution in [1.82, 2.24) is 14.7 Å². The molecule has 4 heterocycles. The van der Waals surface area contributed by atoms with Crippen LogP contribution < -0.4 is 0 Å². The van der Waals surface area contributed by atoms with Gasteiger partial charge in [0.05, 0.1) is 24.5 Å². The molecular weight excluding hydrogens is 332 g/mol. The highest BCUT2D eigenvalue weighted by molar-refractivity contribution is 6.03. The molecule has 1 aromatic heterocycles. The molecule has 0 fully saturated rings. The highest BCUT2D eigenvalue weighted by Gasteiger charge is 2.40. The Hall–Kier alpha value is -2.31. The molecule has 0 saturated carbocycles. The first kappa shape index (κ1) is 17.1. The summed E-state index contributed by atoms with van der Waals surface area (Å²) in [5.74, 6) is 0.196. The Morgan fingerprint density at radius 1 is 1.35 bits per heavy atom. The lowest BCUT2D eigenvalue weighted by atomic mass is 9.89. The quantitative estimate of drug-likeness (QED) is 0.669. The summed E-state index contributed by atoms with van der Waals surface area (Å²) in [7, 11) is 0. The molecule has 1 amide bonds. The van der Waals surface area contributed by atoms with Gasteiger partial charge in [0.25, 0.3) is 0 Å². The second kappa shape index (κ2) is 5.86. The Morgan fingerprint density at radius 3 is 2.85 bits per heavy atom. The zero-order chi connectivity index (χ0) is 18.6. The normalized spacial score (nSPS) is 24.8. The summed E-state index contributed by atoms with van der Waals surface area (Å²) in [5, 5.41) is 9.16. The summed E-state index contributed by atoms with van der Waals surface area (Å²) in [6, 6.07) is 0. The Labute approximate surface area is 153 Å². The lowest BCUT2D eigenvalue weighted by Crippen LogP contribution is -2.40. The van der Waals surface area contributed by atoms with Crippen LogP contribution in [0.2, 0.25) is 0 Å². The van der Waals surface area contributed by atoms with Gasteiger partial charge in [-0.15, -0.1) is 0 Å². The van der Waals surface area contributed by atoms with Gasteiger partial charge in [0.15, 0.2) is 0 Å². The number of fused-ring (bicyclic) bond motifs is 5. The van der Waals surface area contributed by atoms with Crippen LogP contribution >= 0.6 is 0 Å². The van der Waals surface area contributed by atoms with E-state index in [0.29, 0.717) is 19.6 Å². The van der Waals surface area contributed by atoms with E-state index in [4.69, 9.17) is 14.7 Å². The van der Waals surface area contributed by atoms with Crippen molar-refractivity contribution in [1.29, 1.82) is 0 Å². The average molecular weight is 358 g/mol. The van der Waals surface area contributed by atoms with Crippen molar-refractivity contribution in [3.8, 4) is 0 Å². The molecule has 4 rings (SSSR count). The van der Waals surface area contributed by atoms with Crippen molar-refractivity contribution in [2.45, 2.75) is 65.3 Å². The predicted octanol–water partition coefficient (Wildman–Crippen LogP) is 2.88. The molecule has 2 atom stereocenters. The van der Waals surface area contributed by atoms with Crippen LogP contribution in [-0.4, -0.2) is 44.7 Å². The number of hydrogen-bond donors (Lipinski definition) is 0. The molecule has 140 valence electrons. The standard InChI is InChI=1S/C19H26N4O3/c1-11-8-13-12(2)26-21-16(13)17-14-10-22(18(24)25-19(3,4)5)7-6-15(14)20-23(17)9-11/h12-13H,1,6-10H2,2-5H3. The molecule has 7 heteroatoms. The topological polar surface area (TPSA) is 69.0 Å². The Balaban J connectivity index is 1.68. The van der Waals surface area contributed by atoms with Gasteiger partial charge >= 0.3 is 6.09 Å². The van der Waals surface area contributed by atoms with Crippen molar-refractivity contribution in [2.75, 3.05) is 6.54 Å². The summed E-state index contributed by atoms with van der Waals surface area (Å²) in [5.41, 5.74) is 4.67. The van der Waals surface area contributed by atoms with E-state index in [1.165, 1.54) is 0 Å². The number of hydrogen-bond acceptors (Lipinski definition) is 5. The van der Waals surface area contributed by atoms with Crippen molar-refractivity contribution >= 4 is 11.8 Å². The zero-order valence-corrected chi connectivity index (χ0v) is 15.9. The van der Waals surface area contributed by atoms with E-state index < -0.39 is 5.60 Å². The van der Waals surface area contributed by atoms with Gasteiger partial charge in [0.1, 0.15) is 17.4 Å². The van der Waals surface area contributed by atoms with Crippen molar-refractivity contribution < 1.29 is 14.4 Å². The van der Waals surface area contributed by atoms with E-state index >= 15 is 0 Å². The molecule has 1 aromatic rings. The third-order valence-corrected chi connectivity index (χ3v) is 5.11. The van der Waals surface area contributed by atoms with Crippen LogP contribution in [0.3, 0.4) is 0 Å². The first-order chi connectivity index (χ1) is 12.2. The predicted molar refractivity (Wildman–Crippen MR) is 96.9 cm³/mol. The molecule has 7 nitrogen and oxygen atoms in total. The molecule has 2 unspecified atom stereocenters. The van der Waals surface area contributed by atoms with Crippen LogP contribution in [0.4, 0.5) is 4.79 Å². The second-order valence-electron chi connectivity index (χ2n) is 8.43. The van der Waals surface area contributed by atoms with Gasteiger partial charge in [0, 0.05) is 24.4 Å². The third-order valence-electron chi connectivity index (χ3n) is 5.11. The fourth-order valence-electron chi connectivity index (χ4n) is 3.88. The van der Waals surface area contributed by atoms with E-state index in [1.54, 1.807) is 4.90 Å². The number of amides is 1. The molecule has 0 aliphatic carbocycles. The minimum atomic E-state index is -0.505. The molecule has 0 radical (unpaired) electrons. The molecule has 0 N–H and O–H groups in total. The van der Waals surface area contributed by atoms with Crippen molar-refractivity contribution in [3.63, 3.8) is 0 Å². The molecule has 0 saturated heterocycles. The molecular formula is C19H26N4O3. The van der Waals surface area contributed by atoms with Gasteiger partial charge in [-0.3, -0.25) is 4.68 Å². The Kier molecular flexibility index (Phi) is 3.86. The lowest BCUT2D eigenvalue weighted by Gasteiger charge is -2.30. The summed E-state index contributed by atoms with van der Waals surface area (Å²) in [6.07, 6.45) is 1.32. The number of ether oxygens (including phenoxy) is 1. The largest absolute Gasteiger partial charge is 0.444 e.